The van der Waals surface area contributed by atoms with Gasteiger partial charge in [0.25, 0.3) is 0 Å². The molecule has 0 heterocycles. The SMILES string of the molecule is Cc1ccc(CCC(Cl)C(C)C)cc1Cl. The zero-order chi connectivity index (χ0) is 11.4. The monoisotopic (exact) mass is 244 g/mol. The van der Waals surface area contributed by atoms with Crippen LogP contribution in [0.1, 0.15) is 31.4 Å². The van der Waals surface area contributed by atoms with Crippen molar-refractivity contribution >= 4 is 23.2 Å². The van der Waals surface area contributed by atoms with Crippen molar-refractivity contribution < 1.29 is 0 Å². The number of hydrogen-bond donors (Lipinski definition) is 0. The highest BCUT2D eigenvalue weighted by Crippen LogP contribution is 2.20. The van der Waals surface area contributed by atoms with Crippen LogP contribution in [-0.4, -0.2) is 5.38 Å². The Hall–Kier alpha value is -0.200. The van der Waals surface area contributed by atoms with Crippen molar-refractivity contribution in [3.63, 3.8) is 0 Å². The van der Waals surface area contributed by atoms with Gasteiger partial charge in [0.05, 0.1) is 0 Å². The first-order valence-corrected chi connectivity index (χ1v) is 6.21. The fourth-order valence-corrected chi connectivity index (χ4v) is 1.74. The van der Waals surface area contributed by atoms with Gasteiger partial charge in [-0.15, -0.1) is 11.6 Å². The molecule has 2 heteroatoms. The van der Waals surface area contributed by atoms with Crippen molar-refractivity contribution in [3.8, 4) is 0 Å². The first-order valence-electron chi connectivity index (χ1n) is 5.40. The minimum absolute atomic E-state index is 0.255. The molecule has 1 atom stereocenters. The summed E-state index contributed by atoms with van der Waals surface area (Å²) in [4.78, 5) is 0. The Bertz CT molecular complexity index is 318. The van der Waals surface area contributed by atoms with Gasteiger partial charge in [-0.25, -0.2) is 0 Å². The third-order valence-corrected chi connectivity index (χ3v) is 3.80. The molecular weight excluding hydrogens is 227 g/mol. The van der Waals surface area contributed by atoms with Gasteiger partial charge in [-0.3, -0.25) is 0 Å². The minimum Gasteiger partial charge on any atom is -0.123 e. The van der Waals surface area contributed by atoms with Crippen LogP contribution in [0.2, 0.25) is 5.02 Å². The van der Waals surface area contributed by atoms with E-state index in [1.54, 1.807) is 0 Å². The smallest absolute Gasteiger partial charge is 0.0437 e. The fourth-order valence-electron chi connectivity index (χ4n) is 1.43. The van der Waals surface area contributed by atoms with Crippen LogP contribution >= 0.6 is 23.2 Å². The van der Waals surface area contributed by atoms with E-state index >= 15 is 0 Å². The maximum absolute atomic E-state index is 6.20. The Morgan fingerprint density at radius 2 is 1.93 bits per heavy atom. The van der Waals surface area contributed by atoms with E-state index in [-0.39, 0.29) is 5.38 Å². The predicted octanol–water partition coefficient (Wildman–Crippen LogP) is 4.84. The van der Waals surface area contributed by atoms with Gasteiger partial charge in [-0.2, -0.15) is 0 Å². The van der Waals surface area contributed by atoms with Crippen LogP contribution in [0.4, 0.5) is 0 Å². The molecule has 15 heavy (non-hydrogen) atoms. The molecule has 0 fully saturated rings. The van der Waals surface area contributed by atoms with Gasteiger partial charge in [-0.1, -0.05) is 37.6 Å². The molecule has 0 aliphatic heterocycles. The molecule has 0 radical (unpaired) electrons. The van der Waals surface area contributed by atoms with Crippen LogP contribution in [0.5, 0.6) is 0 Å². The fraction of sp³-hybridized carbons (Fsp3) is 0.538. The van der Waals surface area contributed by atoms with E-state index in [9.17, 15) is 0 Å². The molecule has 1 unspecified atom stereocenters. The van der Waals surface area contributed by atoms with E-state index in [4.69, 9.17) is 23.2 Å². The van der Waals surface area contributed by atoms with Gasteiger partial charge in [0.2, 0.25) is 0 Å². The van der Waals surface area contributed by atoms with Crippen molar-refractivity contribution in [1.82, 2.24) is 0 Å². The lowest BCUT2D eigenvalue weighted by atomic mass is 10.0. The maximum Gasteiger partial charge on any atom is 0.0437 e. The van der Waals surface area contributed by atoms with E-state index in [2.05, 4.69) is 26.0 Å². The predicted molar refractivity (Wildman–Crippen MR) is 69.0 cm³/mol. The zero-order valence-corrected chi connectivity index (χ0v) is 11.1. The van der Waals surface area contributed by atoms with Crippen LogP contribution in [0.25, 0.3) is 0 Å². The molecule has 1 aromatic rings. The first kappa shape index (κ1) is 12.9. The zero-order valence-electron chi connectivity index (χ0n) is 9.56. The highest BCUT2D eigenvalue weighted by molar-refractivity contribution is 6.31. The molecule has 0 N–H and O–H groups in total. The maximum atomic E-state index is 6.20. The Balaban J connectivity index is 2.55. The molecule has 0 aromatic heterocycles. The van der Waals surface area contributed by atoms with Gasteiger partial charge in [0.15, 0.2) is 0 Å². The lowest BCUT2D eigenvalue weighted by Gasteiger charge is -2.13. The van der Waals surface area contributed by atoms with Gasteiger partial charge < -0.3 is 0 Å². The third-order valence-electron chi connectivity index (χ3n) is 2.67. The molecule has 0 nitrogen and oxygen atoms in total. The van der Waals surface area contributed by atoms with Crippen molar-refractivity contribution in [3.05, 3.63) is 34.3 Å². The number of halogens is 2. The van der Waals surface area contributed by atoms with Crippen LogP contribution < -0.4 is 0 Å². The summed E-state index contributed by atoms with van der Waals surface area (Å²) >= 11 is 12.3. The molecule has 0 amide bonds. The lowest BCUT2D eigenvalue weighted by Crippen LogP contribution is -2.08. The van der Waals surface area contributed by atoms with Gasteiger partial charge in [0.1, 0.15) is 0 Å². The number of alkyl halides is 1. The first-order chi connectivity index (χ1) is 7.00. The molecule has 84 valence electrons. The molecule has 1 rings (SSSR count). The summed E-state index contributed by atoms with van der Waals surface area (Å²) < 4.78 is 0. The highest BCUT2D eigenvalue weighted by atomic mass is 35.5. The quantitative estimate of drug-likeness (QED) is 0.665. The van der Waals surface area contributed by atoms with Gasteiger partial charge in [-0.05, 0) is 42.9 Å². The van der Waals surface area contributed by atoms with Crippen molar-refractivity contribution in [2.75, 3.05) is 0 Å². The summed E-state index contributed by atoms with van der Waals surface area (Å²) in [6.07, 6.45) is 2.02. The molecule has 0 aliphatic rings. The van der Waals surface area contributed by atoms with Crippen LogP contribution in [-0.2, 0) is 6.42 Å². The average molecular weight is 245 g/mol. The second-order valence-corrected chi connectivity index (χ2v) is 5.35. The van der Waals surface area contributed by atoms with Crippen LogP contribution in [0.15, 0.2) is 18.2 Å². The Labute approximate surface area is 103 Å². The van der Waals surface area contributed by atoms with E-state index < -0.39 is 0 Å². The number of hydrogen-bond acceptors (Lipinski definition) is 0. The Kier molecular flexibility index (Phi) is 4.95. The summed E-state index contributed by atoms with van der Waals surface area (Å²) in [6, 6.07) is 6.24. The number of aryl methyl sites for hydroxylation is 2. The average Bonchev–Trinajstić information content (AvgIpc) is 2.19. The summed E-state index contributed by atoms with van der Waals surface area (Å²) in [6.45, 7) is 6.32. The van der Waals surface area contributed by atoms with Gasteiger partial charge in [0, 0.05) is 10.4 Å². The third kappa shape index (κ3) is 4.04. The molecule has 0 aliphatic carbocycles. The summed E-state index contributed by atoms with van der Waals surface area (Å²) in [5.74, 6) is 0.535. The second-order valence-electron chi connectivity index (χ2n) is 4.38. The van der Waals surface area contributed by atoms with E-state index in [0.29, 0.717) is 5.92 Å². The van der Waals surface area contributed by atoms with E-state index in [1.807, 2.05) is 13.0 Å². The summed E-state index contributed by atoms with van der Waals surface area (Å²) in [5, 5.41) is 1.10. The lowest BCUT2D eigenvalue weighted by molar-refractivity contribution is 0.565. The molecule has 0 saturated carbocycles. The molecule has 0 saturated heterocycles. The van der Waals surface area contributed by atoms with Crippen LogP contribution in [0.3, 0.4) is 0 Å². The summed E-state index contributed by atoms with van der Waals surface area (Å²) in [7, 11) is 0. The molecular formula is C13H18Cl2. The summed E-state index contributed by atoms with van der Waals surface area (Å²) in [5.41, 5.74) is 2.41. The highest BCUT2D eigenvalue weighted by Gasteiger charge is 2.09. The molecule has 1 aromatic carbocycles. The second kappa shape index (κ2) is 5.77. The van der Waals surface area contributed by atoms with Crippen LogP contribution in [0, 0.1) is 12.8 Å². The number of rotatable bonds is 4. The largest absolute Gasteiger partial charge is 0.123 e. The Morgan fingerprint density at radius 3 is 2.47 bits per heavy atom. The normalized spacial score (nSPS) is 13.2. The van der Waals surface area contributed by atoms with E-state index in [0.717, 1.165) is 23.4 Å². The van der Waals surface area contributed by atoms with E-state index in [1.165, 1.54) is 5.56 Å². The minimum atomic E-state index is 0.255. The topological polar surface area (TPSA) is 0 Å². The number of benzene rings is 1. The van der Waals surface area contributed by atoms with Crippen molar-refractivity contribution in [1.29, 1.82) is 0 Å². The van der Waals surface area contributed by atoms with Crippen molar-refractivity contribution in [2.45, 2.75) is 39.0 Å². The standard InChI is InChI=1S/C13H18Cl2/c1-9(2)12(14)7-6-11-5-4-10(3)13(15)8-11/h4-5,8-9,12H,6-7H2,1-3H3. The van der Waals surface area contributed by atoms with Crippen molar-refractivity contribution in [2.24, 2.45) is 5.92 Å². The van der Waals surface area contributed by atoms with Gasteiger partial charge >= 0.3 is 0 Å². The molecule has 0 bridgehead atoms. The Morgan fingerprint density at radius 1 is 1.27 bits per heavy atom. The molecule has 0 spiro atoms.